The summed E-state index contributed by atoms with van der Waals surface area (Å²) in [6, 6.07) is 3.31. The fraction of sp³-hybridized carbons (Fsp3) is 0.273. The minimum absolute atomic E-state index is 0.188. The summed E-state index contributed by atoms with van der Waals surface area (Å²) in [7, 11) is 3.47. The van der Waals surface area contributed by atoms with E-state index in [0.717, 1.165) is 5.69 Å². The molecule has 0 aliphatic carbocycles. The van der Waals surface area contributed by atoms with E-state index in [4.69, 9.17) is 16.0 Å². The summed E-state index contributed by atoms with van der Waals surface area (Å²) in [4.78, 5) is 13.4. The molecule has 0 saturated heterocycles. The van der Waals surface area contributed by atoms with Gasteiger partial charge in [0.05, 0.1) is 29.7 Å². The number of amides is 1. The molecule has 6 heteroatoms. The van der Waals surface area contributed by atoms with E-state index in [1.54, 1.807) is 37.1 Å². The van der Waals surface area contributed by atoms with Crippen LogP contribution in [-0.2, 0) is 13.6 Å². The van der Waals surface area contributed by atoms with Crippen LogP contribution in [0.25, 0.3) is 0 Å². The molecule has 0 N–H and O–H groups in total. The molecule has 0 spiro atoms. The molecule has 2 aromatic heterocycles. The number of aromatic nitrogens is 2. The molecular weight excluding hydrogens is 242 g/mol. The summed E-state index contributed by atoms with van der Waals surface area (Å²) in [5.74, 6) is 0.123. The van der Waals surface area contributed by atoms with Crippen molar-refractivity contribution in [2.24, 2.45) is 7.05 Å². The van der Waals surface area contributed by atoms with Crippen molar-refractivity contribution >= 4 is 17.5 Å². The molecule has 2 rings (SSSR count). The molecule has 0 bridgehead atoms. The van der Waals surface area contributed by atoms with Crippen LogP contribution >= 0.6 is 11.6 Å². The number of carbonyl (C=O) groups is 1. The molecule has 0 fully saturated rings. The lowest BCUT2D eigenvalue weighted by Gasteiger charge is -2.16. The normalized spacial score (nSPS) is 10.5. The van der Waals surface area contributed by atoms with Crippen molar-refractivity contribution in [3.63, 3.8) is 0 Å². The summed E-state index contributed by atoms with van der Waals surface area (Å²) < 4.78 is 6.70. The minimum Gasteiger partial charge on any atom is -0.459 e. The quantitative estimate of drug-likeness (QED) is 0.840. The van der Waals surface area contributed by atoms with Gasteiger partial charge in [-0.15, -0.1) is 0 Å². The summed E-state index contributed by atoms with van der Waals surface area (Å²) in [6.07, 6.45) is 3.03. The predicted octanol–water partition coefficient (Wildman–Crippen LogP) is 1.94. The maximum Gasteiger partial charge on any atom is 0.289 e. The SMILES string of the molecule is CN(Cc1c(Cl)cnn1C)C(=O)c1ccco1. The van der Waals surface area contributed by atoms with Gasteiger partial charge in [-0.2, -0.15) is 5.10 Å². The van der Waals surface area contributed by atoms with Crippen LogP contribution < -0.4 is 0 Å². The van der Waals surface area contributed by atoms with E-state index in [0.29, 0.717) is 17.3 Å². The fourth-order valence-corrected chi connectivity index (χ4v) is 1.72. The number of furan rings is 1. The van der Waals surface area contributed by atoms with Gasteiger partial charge in [0.25, 0.3) is 5.91 Å². The van der Waals surface area contributed by atoms with Crippen LogP contribution in [0, 0.1) is 0 Å². The van der Waals surface area contributed by atoms with Crippen LogP contribution in [0.2, 0.25) is 5.02 Å². The third-order valence-electron chi connectivity index (χ3n) is 2.48. The van der Waals surface area contributed by atoms with Crippen molar-refractivity contribution in [3.8, 4) is 0 Å². The van der Waals surface area contributed by atoms with Gasteiger partial charge >= 0.3 is 0 Å². The average Bonchev–Trinajstić information content (AvgIpc) is 2.93. The second-order valence-corrected chi connectivity index (χ2v) is 4.11. The first-order valence-electron chi connectivity index (χ1n) is 5.05. The minimum atomic E-state index is -0.188. The zero-order valence-corrected chi connectivity index (χ0v) is 10.3. The molecule has 0 unspecified atom stereocenters. The van der Waals surface area contributed by atoms with Gasteiger partial charge in [-0.05, 0) is 12.1 Å². The largest absolute Gasteiger partial charge is 0.459 e. The summed E-state index contributed by atoms with van der Waals surface area (Å²) >= 11 is 5.97. The zero-order chi connectivity index (χ0) is 12.4. The molecule has 1 amide bonds. The molecule has 0 saturated carbocycles. The molecule has 17 heavy (non-hydrogen) atoms. The highest BCUT2D eigenvalue weighted by Gasteiger charge is 2.17. The Morgan fingerprint density at radius 2 is 2.41 bits per heavy atom. The van der Waals surface area contributed by atoms with Crippen LogP contribution in [0.1, 0.15) is 16.2 Å². The molecule has 0 radical (unpaired) electrons. The average molecular weight is 254 g/mol. The van der Waals surface area contributed by atoms with Gasteiger partial charge in [-0.3, -0.25) is 9.48 Å². The van der Waals surface area contributed by atoms with E-state index in [1.165, 1.54) is 11.2 Å². The molecule has 2 aromatic rings. The van der Waals surface area contributed by atoms with E-state index in [-0.39, 0.29) is 5.91 Å². The Labute approximate surface area is 104 Å². The van der Waals surface area contributed by atoms with Gasteiger partial charge in [0.2, 0.25) is 0 Å². The number of carbonyl (C=O) groups excluding carboxylic acids is 1. The van der Waals surface area contributed by atoms with Crippen molar-refractivity contribution in [1.82, 2.24) is 14.7 Å². The van der Waals surface area contributed by atoms with Crippen molar-refractivity contribution in [3.05, 3.63) is 41.1 Å². The summed E-state index contributed by atoms with van der Waals surface area (Å²) in [5, 5.41) is 4.56. The van der Waals surface area contributed by atoms with Crippen LogP contribution in [0.3, 0.4) is 0 Å². The maximum absolute atomic E-state index is 11.9. The van der Waals surface area contributed by atoms with E-state index < -0.39 is 0 Å². The Morgan fingerprint density at radius 3 is 2.94 bits per heavy atom. The highest BCUT2D eigenvalue weighted by molar-refractivity contribution is 6.31. The van der Waals surface area contributed by atoms with Crippen molar-refractivity contribution in [2.45, 2.75) is 6.54 Å². The van der Waals surface area contributed by atoms with E-state index in [9.17, 15) is 4.79 Å². The Hall–Kier alpha value is -1.75. The molecule has 0 aliphatic rings. The predicted molar refractivity (Wildman–Crippen MR) is 62.7 cm³/mol. The Bertz CT molecular complexity index is 499. The first-order chi connectivity index (χ1) is 8.09. The number of rotatable bonds is 3. The second-order valence-electron chi connectivity index (χ2n) is 3.70. The highest BCUT2D eigenvalue weighted by atomic mass is 35.5. The molecule has 2 heterocycles. The van der Waals surface area contributed by atoms with Gasteiger partial charge in [0.1, 0.15) is 0 Å². The number of hydrogen-bond donors (Lipinski definition) is 0. The summed E-state index contributed by atoms with van der Waals surface area (Å²) in [6.45, 7) is 0.384. The Kier molecular flexibility index (Phi) is 3.19. The second kappa shape index (κ2) is 4.63. The van der Waals surface area contributed by atoms with Gasteiger partial charge < -0.3 is 9.32 Å². The number of halogens is 1. The van der Waals surface area contributed by atoms with Crippen molar-refractivity contribution < 1.29 is 9.21 Å². The first-order valence-corrected chi connectivity index (χ1v) is 5.42. The van der Waals surface area contributed by atoms with E-state index in [1.807, 2.05) is 0 Å². The Balaban J connectivity index is 2.12. The third-order valence-corrected chi connectivity index (χ3v) is 2.79. The molecule has 90 valence electrons. The molecule has 0 aromatic carbocycles. The van der Waals surface area contributed by atoms with Gasteiger partial charge in [-0.25, -0.2) is 0 Å². The topological polar surface area (TPSA) is 51.3 Å². The van der Waals surface area contributed by atoms with Gasteiger partial charge in [-0.1, -0.05) is 11.6 Å². The van der Waals surface area contributed by atoms with Gasteiger partial charge in [0.15, 0.2) is 5.76 Å². The molecule has 0 aliphatic heterocycles. The van der Waals surface area contributed by atoms with Crippen molar-refractivity contribution in [2.75, 3.05) is 7.05 Å². The standard InChI is InChI=1S/C11H12ClN3O2/c1-14(11(16)10-4-3-5-17-10)7-9-8(12)6-13-15(9)2/h3-6H,7H2,1-2H3. The molecule has 5 nitrogen and oxygen atoms in total. The van der Waals surface area contributed by atoms with Gasteiger partial charge in [0, 0.05) is 14.1 Å². The van der Waals surface area contributed by atoms with Crippen LogP contribution in [0.15, 0.2) is 29.0 Å². The lowest BCUT2D eigenvalue weighted by atomic mass is 10.3. The van der Waals surface area contributed by atoms with Crippen LogP contribution in [0.4, 0.5) is 0 Å². The number of hydrogen-bond acceptors (Lipinski definition) is 3. The number of nitrogens with zero attached hydrogens (tertiary/aromatic N) is 3. The molecular formula is C11H12ClN3O2. The van der Waals surface area contributed by atoms with Crippen LogP contribution in [0.5, 0.6) is 0 Å². The zero-order valence-electron chi connectivity index (χ0n) is 9.55. The fourth-order valence-electron chi connectivity index (χ4n) is 1.50. The maximum atomic E-state index is 11.9. The monoisotopic (exact) mass is 253 g/mol. The van der Waals surface area contributed by atoms with Crippen LogP contribution in [-0.4, -0.2) is 27.6 Å². The lowest BCUT2D eigenvalue weighted by molar-refractivity contribution is 0.0750. The first kappa shape index (κ1) is 11.7. The van der Waals surface area contributed by atoms with E-state index in [2.05, 4.69) is 5.10 Å². The Morgan fingerprint density at radius 1 is 1.65 bits per heavy atom. The lowest BCUT2D eigenvalue weighted by Crippen LogP contribution is -2.27. The van der Waals surface area contributed by atoms with Crippen molar-refractivity contribution in [1.29, 1.82) is 0 Å². The number of aryl methyl sites for hydroxylation is 1. The third kappa shape index (κ3) is 2.34. The van der Waals surface area contributed by atoms with E-state index >= 15 is 0 Å². The summed E-state index contributed by atoms with van der Waals surface area (Å²) in [5.41, 5.74) is 0.786. The molecule has 0 atom stereocenters. The highest BCUT2D eigenvalue weighted by Crippen LogP contribution is 2.16. The smallest absolute Gasteiger partial charge is 0.289 e.